The third-order valence-electron chi connectivity index (χ3n) is 3.22. The molecule has 1 aromatic carbocycles. The van der Waals surface area contributed by atoms with Gasteiger partial charge in [0.15, 0.2) is 5.16 Å². The number of nitrogens with one attached hydrogen (secondary N) is 1. The first kappa shape index (κ1) is 16.7. The Morgan fingerprint density at radius 2 is 1.96 bits per heavy atom. The monoisotopic (exact) mass is 391 g/mol. The molecule has 3 N–H and O–H groups in total. The summed E-state index contributed by atoms with van der Waals surface area (Å²) in [5, 5.41) is 12.2. The average molecular weight is 393 g/mol. The third-order valence-corrected chi connectivity index (χ3v) is 5.20. The quantitative estimate of drug-likeness (QED) is 0.595. The Balaban J connectivity index is 1.63. The maximum absolute atomic E-state index is 12.1. The molecule has 122 valence electrons. The van der Waals surface area contributed by atoms with Crippen LogP contribution in [0.4, 0.5) is 11.6 Å². The van der Waals surface area contributed by atoms with E-state index in [9.17, 15) is 4.79 Å². The van der Waals surface area contributed by atoms with Crippen LogP contribution in [-0.4, -0.2) is 26.4 Å². The fourth-order valence-electron chi connectivity index (χ4n) is 2.00. The highest BCUT2D eigenvalue weighted by Crippen LogP contribution is 2.39. The Morgan fingerprint density at radius 3 is 2.65 bits per heavy atom. The summed E-state index contributed by atoms with van der Waals surface area (Å²) in [4.78, 5) is 12.1. The zero-order valence-electron chi connectivity index (χ0n) is 11.7. The summed E-state index contributed by atoms with van der Waals surface area (Å²) < 4.78 is 1.87. The molecular weight excluding hydrogens is 381 g/mol. The number of hydrogen-bond acceptors (Lipinski definition) is 5. The first-order valence-electron chi connectivity index (χ1n) is 6.73. The lowest BCUT2D eigenvalue weighted by Gasteiger charge is -2.09. The zero-order valence-corrected chi connectivity index (χ0v) is 14.8. The Hall–Kier alpha value is -1.15. The number of nitrogens with two attached hydrogens (primary N) is 1. The summed E-state index contributed by atoms with van der Waals surface area (Å²) in [5.41, 5.74) is 6.21. The second kappa shape index (κ2) is 6.76. The lowest BCUT2D eigenvalue weighted by Crippen LogP contribution is -2.15. The van der Waals surface area contributed by atoms with Crippen LogP contribution in [-0.2, 0) is 4.79 Å². The van der Waals surface area contributed by atoms with Crippen LogP contribution in [0.15, 0.2) is 17.3 Å². The molecule has 0 saturated heterocycles. The highest BCUT2D eigenvalue weighted by molar-refractivity contribution is 7.99. The normalized spacial score (nSPS) is 14.0. The van der Waals surface area contributed by atoms with Crippen LogP contribution < -0.4 is 11.1 Å². The molecule has 6 nitrogen and oxygen atoms in total. The summed E-state index contributed by atoms with van der Waals surface area (Å²) >= 11 is 19.1. The van der Waals surface area contributed by atoms with Gasteiger partial charge in [0.25, 0.3) is 0 Å². The number of halogens is 3. The first-order chi connectivity index (χ1) is 11.0. The second-order valence-electron chi connectivity index (χ2n) is 5.02. The predicted molar refractivity (Wildman–Crippen MR) is 93.5 cm³/mol. The highest BCUT2D eigenvalue weighted by atomic mass is 35.5. The summed E-state index contributed by atoms with van der Waals surface area (Å²) in [6.07, 6.45) is 2.11. The van der Waals surface area contributed by atoms with Crippen LogP contribution in [0.25, 0.3) is 0 Å². The van der Waals surface area contributed by atoms with Crippen molar-refractivity contribution in [1.29, 1.82) is 0 Å². The van der Waals surface area contributed by atoms with Gasteiger partial charge in [0.1, 0.15) is 0 Å². The van der Waals surface area contributed by atoms with Crippen LogP contribution in [0.5, 0.6) is 0 Å². The van der Waals surface area contributed by atoms with Gasteiger partial charge in [-0.25, -0.2) is 0 Å². The molecule has 1 fully saturated rings. The molecule has 10 heteroatoms. The second-order valence-corrected chi connectivity index (χ2v) is 7.19. The summed E-state index contributed by atoms with van der Waals surface area (Å²) in [6.45, 7) is 0. The summed E-state index contributed by atoms with van der Waals surface area (Å²) in [7, 11) is 0. The van der Waals surface area contributed by atoms with E-state index in [1.165, 1.54) is 23.9 Å². The number of thioether (sulfide) groups is 1. The number of rotatable bonds is 5. The fraction of sp³-hybridized carbons (Fsp3) is 0.308. The van der Waals surface area contributed by atoms with E-state index in [4.69, 9.17) is 40.5 Å². The molecule has 2 aromatic rings. The number of nitrogen functional groups attached to an aromatic ring is 1. The van der Waals surface area contributed by atoms with Gasteiger partial charge in [-0.15, -0.1) is 10.2 Å². The Morgan fingerprint density at radius 1 is 1.26 bits per heavy atom. The molecular formula is C13H12Cl3N5OS. The molecule has 1 aromatic heterocycles. The van der Waals surface area contributed by atoms with Gasteiger partial charge in [-0.2, -0.15) is 0 Å². The molecule has 0 bridgehead atoms. The number of nitrogens with zero attached hydrogens (tertiary/aromatic N) is 3. The predicted octanol–water partition coefficient (Wildman–Crippen LogP) is 3.89. The van der Waals surface area contributed by atoms with Gasteiger partial charge >= 0.3 is 0 Å². The van der Waals surface area contributed by atoms with Crippen LogP contribution in [0.1, 0.15) is 18.9 Å². The van der Waals surface area contributed by atoms with Crippen molar-refractivity contribution >= 4 is 64.1 Å². The molecule has 0 unspecified atom stereocenters. The van der Waals surface area contributed by atoms with E-state index in [2.05, 4.69) is 15.5 Å². The number of amides is 1. The van der Waals surface area contributed by atoms with E-state index in [0.29, 0.717) is 37.9 Å². The van der Waals surface area contributed by atoms with E-state index >= 15 is 0 Å². The minimum atomic E-state index is -0.237. The average Bonchev–Trinajstić information content (AvgIpc) is 3.26. The van der Waals surface area contributed by atoms with E-state index in [0.717, 1.165) is 12.8 Å². The molecule has 0 radical (unpaired) electrons. The molecule has 1 amide bonds. The molecule has 0 aliphatic heterocycles. The standard InChI is InChI=1S/C13H12Cl3N5OS/c14-7-3-9(16)10(4-8(7)15)18-11(22)5-23-13-20-19-12(17)21(13)6-1-2-6/h3-4,6H,1-2,5H2,(H2,17,19)(H,18,22). The van der Waals surface area contributed by atoms with Crippen LogP contribution >= 0.6 is 46.6 Å². The first-order valence-corrected chi connectivity index (χ1v) is 8.85. The van der Waals surface area contributed by atoms with Gasteiger partial charge in [-0.3, -0.25) is 9.36 Å². The summed E-state index contributed by atoms with van der Waals surface area (Å²) in [6, 6.07) is 3.35. The van der Waals surface area contributed by atoms with Gasteiger partial charge in [0, 0.05) is 6.04 Å². The number of anilines is 2. The van der Waals surface area contributed by atoms with Gasteiger partial charge in [0.05, 0.1) is 26.5 Å². The van der Waals surface area contributed by atoms with Crippen molar-refractivity contribution in [3.63, 3.8) is 0 Å². The molecule has 1 aliphatic carbocycles. The smallest absolute Gasteiger partial charge is 0.234 e. The largest absolute Gasteiger partial charge is 0.368 e. The summed E-state index contributed by atoms with van der Waals surface area (Å²) in [5.74, 6) is 0.295. The molecule has 3 rings (SSSR count). The number of benzene rings is 1. The van der Waals surface area contributed by atoms with Gasteiger partial charge < -0.3 is 11.1 Å². The molecule has 1 aliphatic rings. The van der Waals surface area contributed by atoms with Crippen molar-refractivity contribution in [2.75, 3.05) is 16.8 Å². The van der Waals surface area contributed by atoms with Crippen LogP contribution in [0, 0.1) is 0 Å². The third kappa shape index (κ3) is 3.85. The lowest BCUT2D eigenvalue weighted by molar-refractivity contribution is -0.113. The van der Waals surface area contributed by atoms with Crippen molar-refractivity contribution in [2.45, 2.75) is 24.0 Å². The minimum Gasteiger partial charge on any atom is -0.368 e. The van der Waals surface area contributed by atoms with E-state index in [1.807, 2.05) is 4.57 Å². The van der Waals surface area contributed by atoms with E-state index < -0.39 is 0 Å². The van der Waals surface area contributed by atoms with E-state index in [-0.39, 0.29) is 11.7 Å². The minimum absolute atomic E-state index is 0.154. The SMILES string of the molecule is Nc1nnc(SCC(=O)Nc2cc(Cl)c(Cl)cc2Cl)n1C1CC1. The zero-order chi connectivity index (χ0) is 16.6. The van der Waals surface area contributed by atoms with Gasteiger partial charge in [-0.05, 0) is 25.0 Å². The van der Waals surface area contributed by atoms with Crippen molar-refractivity contribution in [3.05, 3.63) is 27.2 Å². The Labute approximate surface area is 151 Å². The van der Waals surface area contributed by atoms with Crippen LogP contribution in [0.3, 0.4) is 0 Å². The van der Waals surface area contributed by atoms with Crippen molar-refractivity contribution in [3.8, 4) is 0 Å². The number of hydrogen-bond donors (Lipinski definition) is 2. The lowest BCUT2D eigenvalue weighted by atomic mass is 10.3. The Bertz CT molecular complexity index is 762. The maximum Gasteiger partial charge on any atom is 0.234 e. The molecule has 1 saturated carbocycles. The highest BCUT2D eigenvalue weighted by Gasteiger charge is 2.29. The van der Waals surface area contributed by atoms with Crippen molar-refractivity contribution < 1.29 is 4.79 Å². The fourth-order valence-corrected chi connectivity index (χ4v) is 3.40. The van der Waals surface area contributed by atoms with E-state index in [1.54, 1.807) is 0 Å². The van der Waals surface area contributed by atoms with Crippen molar-refractivity contribution in [1.82, 2.24) is 14.8 Å². The molecule has 0 atom stereocenters. The Kier molecular flexibility index (Phi) is 4.91. The molecule has 23 heavy (non-hydrogen) atoms. The van der Waals surface area contributed by atoms with Crippen molar-refractivity contribution in [2.24, 2.45) is 0 Å². The number of carbonyl (C=O) groups is 1. The maximum atomic E-state index is 12.1. The molecule has 0 spiro atoms. The van der Waals surface area contributed by atoms with Gasteiger partial charge in [0.2, 0.25) is 11.9 Å². The number of carbonyl (C=O) groups excluding carboxylic acids is 1. The van der Waals surface area contributed by atoms with Crippen LogP contribution in [0.2, 0.25) is 15.1 Å². The van der Waals surface area contributed by atoms with Gasteiger partial charge in [-0.1, -0.05) is 46.6 Å². The molecule has 1 heterocycles. The topological polar surface area (TPSA) is 85.8 Å². The number of aromatic nitrogens is 3.